The van der Waals surface area contributed by atoms with Crippen molar-refractivity contribution in [2.75, 3.05) is 6.54 Å². The molecule has 0 spiro atoms. The maximum Gasteiger partial charge on any atom is 0.0837 e. The van der Waals surface area contributed by atoms with Crippen LogP contribution >= 0.6 is 24.8 Å². The predicted octanol–water partition coefficient (Wildman–Crippen LogP) is 0.149. The maximum atomic E-state index is 5.24. The van der Waals surface area contributed by atoms with E-state index in [2.05, 4.69) is 15.4 Å². The smallest absolute Gasteiger partial charge is 0.0837 e. The zero-order valence-corrected chi connectivity index (χ0v) is 6.91. The van der Waals surface area contributed by atoms with Crippen LogP contribution in [0.5, 0.6) is 0 Å². The van der Waals surface area contributed by atoms with Crippen LogP contribution in [-0.2, 0) is 6.42 Å². The standard InChI is InChI=1S/C4H8N4.2ClH/c5-2-1-4-3-6-8-7-4;;/h3H,1-2,5H2,(H,6,7,8);2*1H. The monoisotopic (exact) mass is 184 g/mol. The molecule has 0 saturated heterocycles. The van der Waals surface area contributed by atoms with Crippen molar-refractivity contribution in [3.63, 3.8) is 0 Å². The van der Waals surface area contributed by atoms with Crippen LogP contribution in [0.1, 0.15) is 5.69 Å². The third-order valence-electron chi connectivity index (χ3n) is 0.865. The lowest BCUT2D eigenvalue weighted by atomic mass is 10.3. The molecule has 0 atom stereocenters. The Labute approximate surface area is 71.4 Å². The van der Waals surface area contributed by atoms with Gasteiger partial charge in [0.1, 0.15) is 0 Å². The van der Waals surface area contributed by atoms with Gasteiger partial charge in [-0.15, -0.1) is 24.8 Å². The molecule has 0 fully saturated rings. The van der Waals surface area contributed by atoms with Gasteiger partial charge in [-0.1, -0.05) is 0 Å². The minimum absolute atomic E-state index is 0. The average Bonchev–Trinajstić information content (AvgIpc) is 2.19. The van der Waals surface area contributed by atoms with E-state index in [4.69, 9.17) is 5.73 Å². The van der Waals surface area contributed by atoms with Gasteiger partial charge in [0.05, 0.1) is 11.9 Å². The lowest BCUT2D eigenvalue weighted by Crippen LogP contribution is -2.02. The number of rotatable bonds is 2. The van der Waals surface area contributed by atoms with Crippen LogP contribution in [0, 0.1) is 0 Å². The molecule has 0 radical (unpaired) electrons. The van der Waals surface area contributed by atoms with E-state index in [9.17, 15) is 0 Å². The summed E-state index contributed by atoms with van der Waals surface area (Å²) in [7, 11) is 0. The number of aromatic amines is 1. The molecule has 1 rings (SSSR count). The molecule has 0 aliphatic carbocycles. The molecule has 0 saturated carbocycles. The number of hydrogen-bond donors (Lipinski definition) is 2. The fourth-order valence-corrected chi connectivity index (χ4v) is 0.494. The van der Waals surface area contributed by atoms with Gasteiger partial charge in [-0.25, -0.2) is 0 Å². The van der Waals surface area contributed by atoms with Gasteiger partial charge in [0, 0.05) is 6.42 Å². The lowest BCUT2D eigenvalue weighted by molar-refractivity contribution is 0.877. The van der Waals surface area contributed by atoms with Crippen molar-refractivity contribution < 1.29 is 0 Å². The van der Waals surface area contributed by atoms with E-state index in [1.807, 2.05) is 0 Å². The van der Waals surface area contributed by atoms with Gasteiger partial charge in [0.15, 0.2) is 0 Å². The summed E-state index contributed by atoms with van der Waals surface area (Å²) < 4.78 is 0. The Hall–Kier alpha value is -0.320. The highest BCUT2D eigenvalue weighted by atomic mass is 35.5. The van der Waals surface area contributed by atoms with Crippen LogP contribution in [0.4, 0.5) is 0 Å². The lowest BCUT2D eigenvalue weighted by Gasteiger charge is -1.83. The number of nitrogens with two attached hydrogens (primary N) is 1. The molecule has 0 aromatic carbocycles. The third-order valence-corrected chi connectivity index (χ3v) is 0.865. The minimum Gasteiger partial charge on any atom is -0.330 e. The Morgan fingerprint density at radius 1 is 1.50 bits per heavy atom. The Kier molecular flexibility index (Phi) is 8.40. The van der Waals surface area contributed by atoms with Crippen molar-refractivity contribution in [3.8, 4) is 0 Å². The first kappa shape index (κ1) is 12.4. The summed E-state index contributed by atoms with van der Waals surface area (Å²) in [6, 6.07) is 0. The number of nitrogens with one attached hydrogen (secondary N) is 1. The summed E-state index contributed by atoms with van der Waals surface area (Å²) in [6.45, 7) is 0.631. The first-order valence-corrected chi connectivity index (χ1v) is 2.48. The highest BCUT2D eigenvalue weighted by molar-refractivity contribution is 5.85. The van der Waals surface area contributed by atoms with Gasteiger partial charge in [-0.3, -0.25) is 0 Å². The summed E-state index contributed by atoms with van der Waals surface area (Å²) in [5, 5.41) is 9.90. The quantitative estimate of drug-likeness (QED) is 0.689. The molecule has 4 nitrogen and oxygen atoms in total. The molecule has 60 valence electrons. The second kappa shape index (κ2) is 6.80. The number of hydrogen-bond acceptors (Lipinski definition) is 3. The van der Waals surface area contributed by atoms with Crippen LogP contribution in [0.25, 0.3) is 0 Å². The maximum absolute atomic E-state index is 5.24. The van der Waals surface area contributed by atoms with Crippen molar-refractivity contribution in [1.82, 2.24) is 15.4 Å². The summed E-state index contributed by atoms with van der Waals surface area (Å²) >= 11 is 0. The molecule has 1 aromatic rings. The number of H-pyrrole nitrogens is 1. The van der Waals surface area contributed by atoms with Crippen molar-refractivity contribution in [3.05, 3.63) is 11.9 Å². The highest BCUT2D eigenvalue weighted by Gasteiger charge is 1.89. The van der Waals surface area contributed by atoms with E-state index >= 15 is 0 Å². The predicted molar refractivity (Wildman–Crippen MR) is 43.6 cm³/mol. The van der Waals surface area contributed by atoms with Crippen molar-refractivity contribution in [2.45, 2.75) is 6.42 Å². The zero-order valence-electron chi connectivity index (χ0n) is 5.28. The molecule has 0 aliphatic heterocycles. The number of aromatic nitrogens is 3. The van der Waals surface area contributed by atoms with Gasteiger partial charge in [-0.2, -0.15) is 15.4 Å². The van der Waals surface area contributed by atoms with Crippen LogP contribution in [-0.4, -0.2) is 22.0 Å². The van der Waals surface area contributed by atoms with Gasteiger partial charge in [-0.05, 0) is 6.54 Å². The molecule has 1 aromatic heterocycles. The summed E-state index contributed by atoms with van der Waals surface area (Å²) in [4.78, 5) is 0. The molecule has 0 amide bonds. The van der Waals surface area contributed by atoms with E-state index in [1.165, 1.54) is 0 Å². The fraction of sp³-hybridized carbons (Fsp3) is 0.500. The van der Waals surface area contributed by atoms with Gasteiger partial charge < -0.3 is 5.73 Å². The van der Waals surface area contributed by atoms with Gasteiger partial charge >= 0.3 is 0 Å². The molecular formula is C4H10Cl2N4. The second-order valence-electron chi connectivity index (χ2n) is 1.50. The third kappa shape index (κ3) is 3.66. The van der Waals surface area contributed by atoms with Gasteiger partial charge in [0.25, 0.3) is 0 Å². The van der Waals surface area contributed by atoms with Gasteiger partial charge in [0.2, 0.25) is 0 Å². The molecule has 3 N–H and O–H groups in total. The largest absolute Gasteiger partial charge is 0.330 e. The van der Waals surface area contributed by atoms with E-state index < -0.39 is 0 Å². The van der Waals surface area contributed by atoms with Crippen molar-refractivity contribution in [2.24, 2.45) is 5.73 Å². The summed E-state index contributed by atoms with van der Waals surface area (Å²) in [6.07, 6.45) is 2.48. The molecule has 6 heteroatoms. The number of nitrogens with zero attached hydrogens (tertiary/aromatic N) is 2. The van der Waals surface area contributed by atoms with Crippen LogP contribution < -0.4 is 5.73 Å². The Morgan fingerprint density at radius 2 is 2.20 bits per heavy atom. The Morgan fingerprint density at radius 3 is 2.60 bits per heavy atom. The Bertz CT molecular complexity index is 141. The van der Waals surface area contributed by atoms with Crippen LogP contribution in [0.15, 0.2) is 6.20 Å². The van der Waals surface area contributed by atoms with Crippen molar-refractivity contribution in [1.29, 1.82) is 0 Å². The van der Waals surface area contributed by atoms with Crippen molar-refractivity contribution >= 4 is 24.8 Å². The SMILES string of the molecule is Cl.Cl.NCCc1cn[nH]n1. The normalized spacial score (nSPS) is 7.70. The first-order chi connectivity index (χ1) is 3.93. The molecule has 0 bridgehead atoms. The molecular weight excluding hydrogens is 175 g/mol. The first-order valence-electron chi connectivity index (χ1n) is 2.48. The summed E-state index contributed by atoms with van der Waals surface area (Å²) in [5.41, 5.74) is 6.16. The highest BCUT2D eigenvalue weighted by Crippen LogP contribution is 1.85. The van der Waals surface area contributed by atoms with E-state index in [0.29, 0.717) is 6.54 Å². The summed E-state index contributed by atoms with van der Waals surface area (Å²) in [5.74, 6) is 0. The molecule has 0 aliphatic rings. The van der Waals surface area contributed by atoms with Crippen LogP contribution in [0.3, 0.4) is 0 Å². The topological polar surface area (TPSA) is 67.6 Å². The molecule has 10 heavy (non-hydrogen) atoms. The molecule has 0 unspecified atom stereocenters. The zero-order chi connectivity index (χ0) is 5.82. The van der Waals surface area contributed by atoms with E-state index in [-0.39, 0.29) is 24.8 Å². The Balaban J connectivity index is 0. The fourth-order valence-electron chi connectivity index (χ4n) is 0.494. The number of halogens is 2. The average molecular weight is 185 g/mol. The second-order valence-corrected chi connectivity index (χ2v) is 1.50. The van der Waals surface area contributed by atoms with E-state index in [0.717, 1.165) is 12.1 Å². The van der Waals surface area contributed by atoms with Crippen LogP contribution in [0.2, 0.25) is 0 Å². The minimum atomic E-state index is 0. The van der Waals surface area contributed by atoms with E-state index in [1.54, 1.807) is 6.20 Å². The molecule has 1 heterocycles.